The number of allylic oxidation sites excluding steroid dienone is 1. The van der Waals surface area contributed by atoms with Crippen LogP contribution < -0.4 is 16.4 Å². The minimum absolute atomic E-state index is 0.0410. The molecule has 0 unspecified atom stereocenters. The van der Waals surface area contributed by atoms with Crippen LogP contribution in [0.2, 0.25) is 0 Å². The number of anilines is 2. The van der Waals surface area contributed by atoms with Crippen molar-refractivity contribution in [2.45, 2.75) is 25.4 Å². The molecule has 0 aromatic heterocycles. The van der Waals surface area contributed by atoms with Gasteiger partial charge in [-0.05, 0) is 67.8 Å². The molecule has 0 aliphatic heterocycles. The zero-order valence-corrected chi connectivity index (χ0v) is 20.9. The number of hydrogen-bond donors (Lipinski definition) is 4. The number of nitrogens with one attached hydrogen (secondary N) is 2. The summed E-state index contributed by atoms with van der Waals surface area (Å²) in [6.07, 6.45) is 2.75. The number of phenolic OH excluding ortho intramolecular Hbond substituents is 1. The van der Waals surface area contributed by atoms with Crippen molar-refractivity contribution in [2.24, 2.45) is 0 Å². The summed E-state index contributed by atoms with van der Waals surface area (Å²) >= 11 is 3.36. The maximum Gasteiger partial charge on any atom is 0.414 e. The fourth-order valence-corrected chi connectivity index (χ4v) is 3.75. The average molecular weight is 552 g/mol. The van der Waals surface area contributed by atoms with Crippen LogP contribution in [0.3, 0.4) is 0 Å². The van der Waals surface area contributed by atoms with Gasteiger partial charge in [0.25, 0.3) is 5.91 Å². The van der Waals surface area contributed by atoms with Gasteiger partial charge in [-0.25, -0.2) is 4.79 Å². The maximum atomic E-state index is 12.5. The molecular formula is C27H26BrN3O5. The molecule has 1 atom stereocenters. The number of alkyl carbamates (subject to hydrolysis) is 1. The van der Waals surface area contributed by atoms with Crippen LogP contribution >= 0.6 is 15.9 Å². The van der Waals surface area contributed by atoms with E-state index in [1.807, 2.05) is 0 Å². The van der Waals surface area contributed by atoms with Gasteiger partial charge >= 0.3 is 6.09 Å². The van der Waals surface area contributed by atoms with Crippen molar-refractivity contribution in [3.8, 4) is 5.75 Å². The first kappa shape index (κ1) is 26.5. The number of para-hydroxylation sites is 2. The van der Waals surface area contributed by atoms with Crippen LogP contribution in [0.25, 0.3) is 0 Å². The molecule has 0 aliphatic rings. The van der Waals surface area contributed by atoms with Crippen LogP contribution in [0.1, 0.15) is 41.3 Å². The van der Waals surface area contributed by atoms with Crippen LogP contribution in [0.4, 0.5) is 16.2 Å². The smallest absolute Gasteiger partial charge is 0.414 e. The van der Waals surface area contributed by atoms with Gasteiger partial charge in [-0.3, -0.25) is 14.9 Å². The molecule has 0 radical (unpaired) electrons. The number of phenols is 1. The number of hydrogen-bond acceptors (Lipinski definition) is 6. The molecule has 0 bridgehead atoms. The van der Waals surface area contributed by atoms with E-state index in [1.165, 1.54) is 12.1 Å². The van der Waals surface area contributed by atoms with Gasteiger partial charge in [0.05, 0.1) is 11.4 Å². The summed E-state index contributed by atoms with van der Waals surface area (Å²) in [5.41, 5.74) is 7.54. The van der Waals surface area contributed by atoms with Crippen LogP contribution in [-0.4, -0.2) is 23.0 Å². The van der Waals surface area contributed by atoms with E-state index < -0.39 is 18.1 Å². The van der Waals surface area contributed by atoms with Gasteiger partial charge in [0, 0.05) is 15.6 Å². The lowest BCUT2D eigenvalue weighted by atomic mass is 10.0. The standard InChI is InChI=1S/C27H26BrN3O5/c28-19-15-16-23(32)20(17-19)24(36-27(35)31-26(34)18-9-3-1-4-10-18)13-5-2-6-14-25(33)30-22-12-8-7-11-21(22)29/h1,3-4,6-12,14-17,24,32H,2,5,13,29H2,(H,30,33)(H,31,34,35)/b14-6+/t24-/m1/s1. The third kappa shape index (κ3) is 7.99. The molecule has 3 aromatic carbocycles. The third-order valence-electron chi connectivity index (χ3n) is 5.16. The Morgan fingerprint density at radius 2 is 1.75 bits per heavy atom. The number of nitrogens with two attached hydrogens (primary N) is 1. The summed E-state index contributed by atoms with van der Waals surface area (Å²) < 4.78 is 6.21. The quantitative estimate of drug-likeness (QED) is 0.153. The van der Waals surface area contributed by atoms with Crippen molar-refractivity contribution in [3.63, 3.8) is 0 Å². The highest BCUT2D eigenvalue weighted by molar-refractivity contribution is 9.10. The Balaban J connectivity index is 1.59. The summed E-state index contributed by atoms with van der Waals surface area (Å²) in [7, 11) is 0. The summed E-state index contributed by atoms with van der Waals surface area (Å²) in [5.74, 6) is -0.948. The molecule has 5 N–H and O–H groups in total. The fraction of sp³-hybridized carbons (Fsp3) is 0.148. The molecule has 0 saturated heterocycles. The Kier molecular flexibility index (Phi) is 9.64. The number of unbranched alkanes of at least 4 members (excludes halogenated alkanes) is 1. The largest absolute Gasteiger partial charge is 0.508 e. The van der Waals surface area contributed by atoms with Gasteiger partial charge < -0.3 is 20.9 Å². The second kappa shape index (κ2) is 13.1. The van der Waals surface area contributed by atoms with Gasteiger partial charge in [-0.1, -0.05) is 52.3 Å². The minimum atomic E-state index is -0.927. The SMILES string of the molecule is Nc1ccccc1NC(=O)/C=C/CCC[C@@H](OC(=O)NC(=O)c1ccccc1)c1cc(Br)ccc1O. The van der Waals surface area contributed by atoms with Gasteiger partial charge in [-0.15, -0.1) is 0 Å². The van der Waals surface area contributed by atoms with Crippen molar-refractivity contribution in [1.82, 2.24) is 5.32 Å². The first-order valence-corrected chi connectivity index (χ1v) is 12.0. The van der Waals surface area contributed by atoms with Crippen LogP contribution in [0.15, 0.2) is 89.4 Å². The minimum Gasteiger partial charge on any atom is -0.508 e. The van der Waals surface area contributed by atoms with E-state index in [1.54, 1.807) is 72.8 Å². The van der Waals surface area contributed by atoms with Crippen LogP contribution in [-0.2, 0) is 9.53 Å². The number of amides is 3. The molecule has 36 heavy (non-hydrogen) atoms. The number of carbonyl (C=O) groups excluding carboxylic acids is 3. The number of nitrogen functional groups attached to an aromatic ring is 1. The highest BCUT2D eigenvalue weighted by Crippen LogP contribution is 2.33. The van der Waals surface area contributed by atoms with Gasteiger partial charge in [0.15, 0.2) is 0 Å². The molecule has 186 valence electrons. The lowest BCUT2D eigenvalue weighted by Gasteiger charge is -2.19. The molecular weight excluding hydrogens is 526 g/mol. The van der Waals surface area contributed by atoms with Crippen LogP contribution in [0, 0.1) is 0 Å². The number of aromatic hydroxyl groups is 1. The number of carbonyl (C=O) groups is 3. The van der Waals surface area contributed by atoms with E-state index in [4.69, 9.17) is 10.5 Å². The first-order chi connectivity index (χ1) is 17.3. The number of halogens is 1. The van der Waals surface area contributed by atoms with E-state index in [9.17, 15) is 19.5 Å². The van der Waals surface area contributed by atoms with Crippen LogP contribution in [0.5, 0.6) is 5.75 Å². The normalized spacial score (nSPS) is 11.6. The van der Waals surface area contributed by atoms with Crippen molar-refractivity contribution in [3.05, 3.63) is 101 Å². The van der Waals surface area contributed by atoms with E-state index >= 15 is 0 Å². The summed E-state index contributed by atoms with van der Waals surface area (Å²) in [6, 6.07) is 20.0. The fourth-order valence-electron chi connectivity index (χ4n) is 3.37. The van der Waals surface area contributed by atoms with E-state index in [2.05, 4.69) is 26.6 Å². The molecule has 3 aromatic rings. The Hall–Kier alpha value is -4.11. The average Bonchev–Trinajstić information content (AvgIpc) is 2.86. The molecule has 0 saturated carbocycles. The number of imide groups is 1. The van der Waals surface area contributed by atoms with Crippen molar-refractivity contribution in [1.29, 1.82) is 0 Å². The molecule has 3 amide bonds. The van der Waals surface area contributed by atoms with Gasteiger partial charge in [0.1, 0.15) is 11.9 Å². The van der Waals surface area contributed by atoms with E-state index in [-0.39, 0.29) is 11.7 Å². The predicted molar refractivity (Wildman–Crippen MR) is 141 cm³/mol. The molecule has 0 fully saturated rings. The summed E-state index contributed by atoms with van der Waals surface area (Å²) in [5, 5.41) is 15.3. The third-order valence-corrected chi connectivity index (χ3v) is 5.66. The highest BCUT2D eigenvalue weighted by atomic mass is 79.9. The Morgan fingerprint density at radius 1 is 1.03 bits per heavy atom. The zero-order valence-electron chi connectivity index (χ0n) is 19.3. The van der Waals surface area contributed by atoms with Gasteiger partial charge in [0.2, 0.25) is 5.91 Å². The Bertz CT molecular complexity index is 1250. The van der Waals surface area contributed by atoms with Crippen molar-refractivity contribution >= 4 is 45.2 Å². The van der Waals surface area contributed by atoms with E-state index in [0.29, 0.717) is 46.2 Å². The Labute approximate surface area is 217 Å². The van der Waals surface area contributed by atoms with E-state index in [0.717, 1.165) is 0 Å². The topological polar surface area (TPSA) is 131 Å². The summed E-state index contributed by atoms with van der Waals surface area (Å²) in [6.45, 7) is 0. The zero-order chi connectivity index (χ0) is 25.9. The molecule has 9 heteroatoms. The number of ether oxygens (including phenoxy) is 1. The van der Waals surface area contributed by atoms with Crippen molar-refractivity contribution in [2.75, 3.05) is 11.1 Å². The lowest BCUT2D eigenvalue weighted by Crippen LogP contribution is -2.32. The second-order valence-electron chi connectivity index (χ2n) is 7.83. The maximum absolute atomic E-state index is 12.5. The molecule has 8 nitrogen and oxygen atoms in total. The predicted octanol–water partition coefficient (Wildman–Crippen LogP) is 5.71. The first-order valence-electron chi connectivity index (χ1n) is 11.2. The summed E-state index contributed by atoms with van der Waals surface area (Å²) in [4.78, 5) is 36.9. The lowest BCUT2D eigenvalue weighted by molar-refractivity contribution is -0.111. The number of benzene rings is 3. The molecule has 0 heterocycles. The monoisotopic (exact) mass is 551 g/mol. The molecule has 3 rings (SSSR count). The Morgan fingerprint density at radius 3 is 2.50 bits per heavy atom. The molecule has 0 aliphatic carbocycles. The highest BCUT2D eigenvalue weighted by Gasteiger charge is 2.22. The number of rotatable bonds is 9. The molecule has 0 spiro atoms. The van der Waals surface area contributed by atoms with Crippen molar-refractivity contribution < 1.29 is 24.2 Å². The second-order valence-corrected chi connectivity index (χ2v) is 8.74. The van der Waals surface area contributed by atoms with Gasteiger partial charge in [-0.2, -0.15) is 0 Å².